The summed E-state index contributed by atoms with van der Waals surface area (Å²) in [7, 11) is 0. The molecule has 6 fully saturated rings. The van der Waals surface area contributed by atoms with Crippen molar-refractivity contribution in [3.63, 3.8) is 0 Å². The number of piperidine rings is 5. The van der Waals surface area contributed by atoms with Crippen LogP contribution >= 0.6 is 0 Å². The number of benzene rings is 1. The van der Waals surface area contributed by atoms with Gasteiger partial charge in [-0.1, -0.05) is 18.6 Å². The van der Waals surface area contributed by atoms with Crippen LogP contribution in [0.3, 0.4) is 0 Å². The Morgan fingerprint density at radius 1 is 0.795 bits per heavy atom. The van der Waals surface area contributed by atoms with Gasteiger partial charge in [-0.15, -0.1) is 0 Å². The van der Waals surface area contributed by atoms with Crippen LogP contribution in [0.4, 0.5) is 27.5 Å². The zero-order valence-corrected chi connectivity index (χ0v) is 42.5. The molecule has 0 bridgehead atoms. The molecule has 2 N–H and O–H groups in total. The van der Waals surface area contributed by atoms with Crippen molar-refractivity contribution < 1.29 is 18.8 Å². The van der Waals surface area contributed by atoms with Crippen LogP contribution in [-0.2, 0) is 19.8 Å². The topological polar surface area (TPSA) is 161 Å². The molecule has 1 aliphatic carbocycles. The van der Waals surface area contributed by atoms with Crippen molar-refractivity contribution >= 4 is 51.9 Å². The molecule has 6 aliphatic heterocycles. The van der Waals surface area contributed by atoms with Crippen LogP contribution in [0.15, 0.2) is 61.4 Å². The van der Waals surface area contributed by atoms with Gasteiger partial charge in [0.05, 0.1) is 34.8 Å². The Bertz CT molecular complexity index is 2830. The molecule has 0 radical (unpaired) electrons. The molecule has 3 amide bonds. The minimum absolute atomic E-state index is 0.0278. The highest BCUT2D eigenvalue weighted by Crippen LogP contribution is 2.52. The predicted octanol–water partition coefficient (Wildman–Crippen LogP) is 7.59. The third-order valence-electron chi connectivity index (χ3n) is 17.8. The van der Waals surface area contributed by atoms with Crippen molar-refractivity contribution in [1.29, 1.82) is 0 Å². The number of carbonyl (C=O) groups excluding carboxylic acids is 3. The van der Waals surface area contributed by atoms with Gasteiger partial charge in [0.25, 0.3) is 0 Å². The maximum Gasteiger partial charge on any atom is 0.238 e. The number of hydrogen-bond donors (Lipinski definition) is 2. The highest BCUT2D eigenvalue weighted by Gasteiger charge is 2.56. The smallest absolute Gasteiger partial charge is 0.238 e. The Balaban J connectivity index is 0.722. The minimum Gasteiger partial charge on any atom is -0.342 e. The largest absolute Gasteiger partial charge is 0.342 e. The van der Waals surface area contributed by atoms with Crippen molar-refractivity contribution in [2.45, 2.75) is 127 Å². The number of amides is 3. The molecule has 5 saturated heterocycles. The van der Waals surface area contributed by atoms with E-state index in [0.29, 0.717) is 75.3 Å². The Hall–Kier alpha value is -6.07. The number of nitrogens with zero attached hydrogens (tertiary/aromatic N) is 11. The number of hydrogen-bond acceptors (Lipinski definition) is 12. The van der Waals surface area contributed by atoms with Crippen LogP contribution in [0.5, 0.6) is 0 Å². The molecule has 7 aliphatic rings. The first-order valence-electron chi connectivity index (χ1n) is 27.4. The average molecular weight is 992 g/mol. The van der Waals surface area contributed by atoms with E-state index in [9.17, 15) is 9.59 Å². The average Bonchev–Trinajstić information content (AvgIpc) is 3.96. The molecule has 16 nitrogen and oxygen atoms in total. The summed E-state index contributed by atoms with van der Waals surface area (Å²) in [4.78, 5) is 77.7. The lowest BCUT2D eigenvalue weighted by atomic mass is 9.73. The van der Waals surface area contributed by atoms with Gasteiger partial charge < -0.3 is 39.7 Å². The number of pyridine rings is 2. The quantitative estimate of drug-likeness (QED) is 0.141. The molecule has 5 aromatic rings. The standard InChI is InChI=1S/C56H70FN13O3/c1-36(2)69-35-62-48-30-47(64-51(50(48)69)63-46-10-18-59-34-45(46)57)39-8-9-44-49(27-39)70(43-28-42(29-43)65-19-4-3-5-20-65)54(73)56(44)15-25-67(26-16-56)53(72)37-11-21-66(22-12-37)52(71)38-13-23-68(24-14-38)55-60-32-41(33-61-55)40-7-6-17-58-31-40/h8-10,18,27,30,32-38,40,42-43,58H,3-7,11-17,19-26,28-29,31H2,1-2H3,(H,59,63,64)/t40-,42?,43?/m0/s1. The summed E-state index contributed by atoms with van der Waals surface area (Å²) < 4.78 is 17.1. The van der Waals surface area contributed by atoms with Gasteiger partial charge in [0.1, 0.15) is 5.52 Å². The number of anilines is 4. The zero-order valence-electron chi connectivity index (χ0n) is 42.5. The second-order valence-corrected chi connectivity index (χ2v) is 22.4. The third kappa shape index (κ3) is 9.01. The summed E-state index contributed by atoms with van der Waals surface area (Å²) >= 11 is 0. The van der Waals surface area contributed by atoms with Gasteiger partial charge in [-0.05, 0) is 146 Å². The molecule has 0 unspecified atom stereocenters. The van der Waals surface area contributed by atoms with Gasteiger partial charge >= 0.3 is 0 Å². The summed E-state index contributed by atoms with van der Waals surface area (Å²) in [5, 5.41) is 6.73. The zero-order chi connectivity index (χ0) is 49.8. The Kier molecular flexibility index (Phi) is 13.1. The van der Waals surface area contributed by atoms with Crippen molar-refractivity contribution in [1.82, 2.24) is 49.5 Å². The molecule has 384 valence electrons. The molecule has 1 spiro atoms. The van der Waals surface area contributed by atoms with Crippen LogP contribution in [0, 0.1) is 17.7 Å². The van der Waals surface area contributed by atoms with E-state index in [2.05, 4.69) is 62.4 Å². The monoisotopic (exact) mass is 992 g/mol. The third-order valence-corrected chi connectivity index (χ3v) is 17.8. The van der Waals surface area contributed by atoms with E-state index in [0.717, 1.165) is 98.7 Å². The predicted molar refractivity (Wildman–Crippen MR) is 279 cm³/mol. The molecular weight excluding hydrogens is 922 g/mol. The fourth-order valence-electron chi connectivity index (χ4n) is 13.4. The number of aromatic nitrogens is 6. The Morgan fingerprint density at radius 3 is 2.19 bits per heavy atom. The fourth-order valence-corrected chi connectivity index (χ4v) is 13.4. The summed E-state index contributed by atoms with van der Waals surface area (Å²) in [5.74, 6) is 1.58. The number of fused-ring (bicyclic) bond motifs is 3. The van der Waals surface area contributed by atoms with Crippen LogP contribution in [0.2, 0.25) is 0 Å². The number of rotatable bonds is 10. The van der Waals surface area contributed by atoms with Crippen LogP contribution in [0.25, 0.3) is 22.3 Å². The van der Waals surface area contributed by atoms with Crippen molar-refractivity contribution in [3.8, 4) is 11.3 Å². The highest BCUT2D eigenvalue weighted by molar-refractivity contribution is 6.09. The second kappa shape index (κ2) is 20.0. The lowest BCUT2D eigenvalue weighted by Gasteiger charge is -2.48. The maximum absolute atomic E-state index is 15.3. The maximum atomic E-state index is 15.3. The molecule has 4 aromatic heterocycles. The van der Waals surface area contributed by atoms with Crippen LogP contribution in [0.1, 0.15) is 120 Å². The molecular formula is C56H70FN13O3. The van der Waals surface area contributed by atoms with E-state index in [1.54, 1.807) is 18.6 Å². The van der Waals surface area contributed by atoms with E-state index in [4.69, 9.17) is 19.9 Å². The molecule has 1 saturated carbocycles. The number of nitrogens with one attached hydrogen (secondary N) is 2. The van der Waals surface area contributed by atoms with Gasteiger partial charge in [-0.2, -0.15) is 0 Å². The number of imidazole rings is 1. The molecule has 1 atom stereocenters. The van der Waals surface area contributed by atoms with Gasteiger partial charge in [0.15, 0.2) is 11.6 Å². The van der Waals surface area contributed by atoms with Crippen molar-refractivity contribution in [3.05, 3.63) is 78.4 Å². The van der Waals surface area contributed by atoms with Crippen molar-refractivity contribution in [2.24, 2.45) is 11.8 Å². The van der Waals surface area contributed by atoms with Gasteiger partial charge in [0, 0.05) is 106 Å². The molecule has 10 heterocycles. The highest BCUT2D eigenvalue weighted by atomic mass is 19.1. The summed E-state index contributed by atoms with van der Waals surface area (Å²) in [6.45, 7) is 12.2. The number of likely N-dealkylation sites (tertiary alicyclic amines) is 3. The van der Waals surface area contributed by atoms with Crippen LogP contribution in [-0.4, -0.2) is 139 Å². The lowest BCUT2D eigenvalue weighted by molar-refractivity contribution is -0.144. The van der Waals surface area contributed by atoms with E-state index >= 15 is 9.18 Å². The van der Waals surface area contributed by atoms with E-state index in [1.165, 1.54) is 43.9 Å². The van der Waals surface area contributed by atoms with E-state index in [-0.39, 0.29) is 47.3 Å². The Labute approximate surface area is 427 Å². The molecule has 73 heavy (non-hydrogen) atoms. The minimum atomic E-state index is -0.729. The Morgan fingerprint density at radius 2 is 1.51 bits per heavy atom. The summed E-state index contributed by atoms with van der Waals surface area (Å²) in [6, 6.07) is 10.6. The first kappa shape index (κ1) is 47.9. The molecule has 1 aromatic carbocycles. The second-order valence-electron chi connectivity index (χ2n) is 22.4. The fraction of sp³-hybridized carbons (Fsp3) is 0.571. The molecule has 17 heteroatoms. The van der Waals surface area contributed by atoms with Gasteiger partial charge in [-0.3, -0.25) is 19.4 Å². The van der Waals surface area contributed by atoms with Crippen molar-refractivity contribution in [2.75, 3.05) is 80.6 Å². The van der Waals surface area contributed by atoms with E-state index < -0.39 is 11.2 Å². The normalized spacial score (nSPS) is 24.1. The van der Waals surface area contributed by atoms with Gasteiger partial charge in [-0.25, -0.2) is 24.3 Å². The SMILES string of the molecule is CC(C)n1cnc2cc(-c3ccc4c(c3)N(C3CC(N5CCCCC5)C3)C(=O)C43CCN(C(=O)C4CCN(C(=O)C5CCN(c6ncc([C@H]7CCCNC7)cn6)CC5)CC4)CC3)nc(Nc3ccncc3F)c21. The first-order chi connectivity index (χ1) is 35.6. The number of carbonyl (C=O) groups is 3. The summed E-state index contributed by atoms with van der Waals surface area (Å²) in [6.07, 6.45) is 20.5. The van der Waals surface area contributed by atoms with E-state index in [1.807, 2.05) is 32.8 Å². The molecule has 12 rings (SSSR count). The summed E-state index contributed by atoms with van der Waals surface area (Å²) in [5.41, 5.74) is 5.74. The lowest BCUT2D eigenvalue weighted by Crippen LogP contribution is -2.58. The van der Waals surface area contributed by atoms with Crippen LogP contribution < -0.4 is 20.4 Å². The first-order valence-corrected chi connectivity index (χ1v) is 27.4. The number of halogens is 1. The van der Waals surface area contributed by atoms with Gasteiger partial charge in [0.2, 0.25) is 23.7 Å².